The predicted molar refractivity (Wildman–Crippen MR) is 50.6 cm³/mol. The summed E-state index contributed by atoms with van der Waals surface area (Å²) in [6.07, 6.45) is 0.952. The molecule has 0 amide bonds. The molecule has 0 aromatic carbocycles. The lowest BCUT2D eigenvalue weighted by atomic mass is 10.4. The summed E-state index contributed by atoms with van der Waals surface area (Å²) in [7, 11) is 1.65. The summed E-state index contributed by atoms with van der Waals surface area (Å²) in [6, 6.07) is 0. The molecule has 70 valence electrons. The highest BCUT2D eigenvalue weighted by atomic mass is 32.2. The Balaban J connectivity index is 3.20. The van der Waals surface area contributed by atoms with Crippen LogP contribution < -0.4 is 0 Å². The molecule has 0 saturated heterocycles. The third kappa shape index (κ3) is 6.24. The Morgan fingerprint density at radius 2 is 2.33 bits per heavy atom. The molecule has 0 aliphatic rings. The zero-order valence-corrected chi connectivity index (χ0v) is 8.02. The lowest BCUT2D eigenvalue weighted by molar-refractivity contribution is -0.132. The molecule has 0 bridgehead atoms. The van der Waals surface area contributed by atoms with Gasteiger partial charge in [0.2, 0.25) is 0 Å². The highest BCUT2D eigenvalue weighted by molar-refractivity contribution is 7.99. The molecule has 0 aromatic rings. The van der Waals surface area contributed by atoms with E-state index in [2.05, 4.69) is 6.58 Å². The molecule has 0 aliphatic carbocycles. The molecule has 0 unspecified atom stereocenters. The van der Waals surface area contributed by atoms with Crippen LogP contribution in [0.1, 0.15) is 6.42 Å². The second-order valence-electron chi connectivity index (χ2n) is 2.31. The van der Waals surface area contributed by atoms with Gasteiger partial charge in [0.1, 0.15) is 0 Å². The minimum absolute atomic E-state index is 0.261. The summed E-state index contributed by atoms with van der Waals surface area (Å²) in [5.74, 6) is 0.508. The van der Waals surface area contributed by atoms with Crippen molar-refractivity contribution in [3.05, 3.63) is 12.2 Å². The van der Waals surface area contributed by atoms with Gasteiger partial charge >= 0.3 is 5.97 Å². The molecule has 0 rings (SSSR count). The van der Waals surface area contributed by atoms with Gasteiger partial charge in [-0.2, -0.15) is 11.8 Å². The van der Waals surface area contributed by atoms with Crippen LogP contribution in [0.15, 0.2) is 12.2 Å². The molecular formula is C8H14O3S. The minimum atomic E-state index is -0.908. The fourth-order valence-electron chi connectivity index (χ4n) is 0.562. The number of hydrogen-bond acceptors (Lipinski definition) is 3. The summed E-state index contributed by atoms with van der Waals surface area (Å²) >= 11 is 1.57. The Morgan fingerprint density at radius 1 is 1.67 bits per heavy atom. The molecule has 0 aromatic heterocycles. The third-order valence-corrected chi connectivity index (χ3v) is 2.35. The number of aliphatic carboxylic acids is 1. The van der Waals surface area contributed by atoms with Gasteiger partial charge in [-0.15, -0.1) is 0 Å². The molecule has 1 N–H and O–H groups in total. The van der Waals surface area contributed by atoms with Gasteiger partial charge in [-0.05, 0) is 12.2 Å². The number of carbonyl (C=O) groups is 1. The molecule has 0 spiro atoms. The van der Waals surface area contributed by atoms with Crippen LogP contribution in [0.3, 0.4) is 0 Å². The summed E-state index contributed by atoms with van der Waals surface area (Å²) in [5.41, 5.74) is 0.261. The smallest absolute Gasteiger partial charge is 0.331 e. The minimum Gasteiger partial charge on any atom is -0.478 e. The van der Waals surface area contributed by atoms with Crippen LogP contribution in [-0.4, -0.2) is 36.3 Å². The van der Waals surface area contributed by atoms with Gasteiger partial charge in [-0.25, -0.2) is 4.79 Å². The van der Waals surface area contributed by atoms with E-state index in [4.69, 9.17) is 9.84 Å². The van der Waals surface area contributed by atoms with Gasteiger partial charge in [0.25, 0.3) is 0 Å². The largest absolute Gasteiger partial charge is 0.478 e. The zero-order valence-electron chi connectivity index (χ0n) is 7.21. The quantitative estimate of drug-likeness (QED) is 0.487. The van der Waals surface area contributed by atoms with Crippen molar-refractivity contribution >= 4 is 17.7 Å². The maximum Gasteiger partial charge on any atom is 0.331 e. The number of methoxy groups -OCH3 is 1. The van der Waals surface area contributed by atoms with Gasteiger partial charge < -0.3 is 9.84 Å². The average Bonchev–Trinajstić information content (AvgIpc) is 2.03. The molecule has 4 heteroatoms. The van der Waals surface area contributed by atoms with Crippen molar-refractivity contribution in [1.29, 1.82) is 0 Å². The lowest BCUT2D eigenvalue weighted by Crippen LogP contribution is -2.02. The number of ether oxygens (including phenoxy) is 1. The Hall–Kier alpha value is -0.480. The van der Waals surface area contributed by atoms with Crippen LogP contribution in [-0.2, 0) is 9.53 Å². The molecule has 0 fully saturated rings. The van der Waals surface area contributed by atoms with Crippen molar-refractivity contribution < 1.29 is 14.6 Å². The first-order valence-corrected chi connectivity index (χ1v) is 4.81. The fraction of sp³-hybridized carbons (Fsp3) is 0.625. The normalized spacial score (nSPS) is 9.75. The van der Waals surface area contributed by atoms with Crippen LogP contribution in [0, 0.1) is 0 Å². The molecule has 0 saturated carbocycles. The summed E-state index contributed by atoms with van der Waals surface area (Å²) in [5, 5.41) is 8.45. The van der Waals surface area contributed by atoms with E-state index in [-0.39, 0.29) is 5.57 Å². The zero-order chi connectivity index (χ0) is 9.40. The van der Waals surface area contributed by atoms with Crippen LogP contribution in [0.2, 0.25) is 0 Å². The third-order valence-electron chi connectivity index (χ3n) is 1.22. The van der Waals surface area contributed by atoms with Crippen molar-refractivity contribution in [2.24, 2.45) is 0 Å². The lowest BCUT2D eigenvalue weighted by Gasteiger charge is -2.00. The first kappa shape index (κ1) is 11.5. The van der Waals surface area contributed by atoms with Crippen LogP contribution in [0.4, 0.5) is 0 Å². The summed E-state index contributed by atoms with van der Waals surface area (Å²) in [6.45, 7) is 4.15. The van der Waals surface area contributed by atoms with Gasteiger partial charge in [0.15, 0.2) is 0 Å². The van der Waals surface area contributed by atoms with E-state index < -0.39 is 5.97 Å². The molecule has 0 heterocycles. The second-order valence-corrected chi connectivity index (χ2v) is 3.41. The highest BCUT2D eigenvalue weighted by Gasteiger charge is 2.02. The van der Waals surface area contributed by atoms with E-state index in [1.165, 1.54) is 0 Å². The number of hydrogen-bond donors (Lipinski definition) is 1. The van der Waals surface area contributed by atoms with Crippen molar-refractivity contribution in [2.45, 2.75) is 6.42 Å². The number of rotatable bonds is 7. The van der Waals surface area contributed by atoms with E-state index in [1.54, 1.807) is 18.9 Å². The molecule has 0 aliphatic heterocycles. The van der Waals surface area contributed by atoms with Crippen LogP contribution >= 0.6 is 11.8 Å². The molecular weight excluding hydrogens is 176 g/mol. The standard InChI is InChI=1S/C8H14O3S/c1-7(8(9)10)6-12-5-3-4-11-2/h1,3-6H2,2H3,(H,9,10). The Kier molecular flexibility index (Phi) is 6.90. The second kappa shape index (κ2) is 7.18. The maximum absolute atomic E-state index is 10.3. The summed E-state index contributed by atoms with van der Waals surface area (Å²) < 4.78 is 4.84. The predicted octanol–water partition coefficient (Wildman–Crippen LogP) is 1.40. The van der Waals surface area contributed by atoms with Crippen LogP contribution in [0.5, 0.6) is 0 Å². The van der Waals surface area contributed by atoms with Crippen molar-refractivity contribution in [3.8, 4) is 0 Å². The van der Waals surface area contributed by atoms with Gasteiger partial charge in [-0.3, -0.25) is 0 Å². The molecule has 0 atom stereocenters. The van der Waals surface area contributed by atoms with Gasteiger partial charge in [-0.1, -0.05) is 6.58 Å². The average molecular weight is 190 g/mol. The highest BCUT2D eigenvalue weighted by Crippen LogP contribution is 2.07. The Labute approximate surface area is 76.8 Å². The SMILES string of the molecule is C=C(CSCCCOC)C(=O)O. The Morgan fingerprint density at radius 3 is 2.83 bits per heavy atom. The molecule has 3 nitrogen and oxygen atoms in total. The maximum atomic E-state index is 10.3. The number of carboxylic acid groups (broad SMARTS) is 1. The van der Waals surface area contributed by atoms with E-state index in [0.717, 1.165) is 18.8 Å². The van der Waals surface area contributed by atoms with Gasteiger partial charge in [0.05, 0.1) is 0 Å². The van der Waals surface area contributed by atoms with Crippen molar-refractivity contribution in [1.82, 2.24) is 0 Å². The topological polar surface area (TPSA) is 46.5 Å². The first-order chi connectivity index (χ1) is 5.68. The van der Waals surface area contributed by atoms with Crippen molar-refractivity contribution in [2.75, 3.05) is 25.2 Å². The first-order valence-electron chi connectivity index (χ1n) is 3.66. The fourth-order valence-corrected chi connectivity index (χ4v) is 1.40. The monoisotopic (exact) mass is 190 g/mol. The van der Waals surface area contributed by atoms with E-state index in [1.807, 2.05) is 0 Å². The van der Waals surface area contributed by atoms with Crippen molar-refractivity contribution in [3.63, 3.8) is 0 Å². The van der Waals surface area contributed by atoms with E-state index in [9.17, 15) is 4.79 Å². The molecule has 0 radical (unpaired) electrons. The molecule has 12 heavy (non-hydrogen) atoms. The Bertz CT molecular complexity index is 156. The summed E-state index contributed by atoms with van der Waals surface area (Å²) in [4.78, 5) is 10.3. The van der Waals surface area contributed by atoms with Gasteiger partial charge in [0, 0.05) is 25.0 Å². The van der Waals surface area contributed by atoms with E-state index in [0.29, 0.717) is 5.75 Å². The number of carboxylic acids is 1. The van der Waals surface area contributed by atoms with Crippen LogP contribution in [0.25, 0.3) is 0 Å². The number of thioether (sulfide) groups is 1. The van der Waals surface area contributed by atoms with E-state index >= 15 is 0 Å².